The second-order valence-electron chi connectivity index (χ2n) is 5.74. The third-order valence-electron chi connectivity index (χ3n) is 2.46. The summed E-state index contributed by atoms with van der Waals surface area (Å²) in [5.41, 5.74) is 1.20. The van der Waals surface area contributed by atoms with Gasteiger partial charge >= 0.3 is 0 Å². The SMILES string of the molecule is CN(C)CCOc1ccncc1CNC(C)(C)C. The van der Waals surface area contributed by atoms with Crippen molar-refractivity contribution in [2.75, 3.05) is 27.2 Å². The van der Waals surface area contributed by atoms with Gasteiger partial charge in [-0.2, -0.15) is 0 Å². The molecule has 4 nitrogen and oxygen atoms in total. The van der Waals surface area contributed by atoms with Crippen molar-refractivity contribution in [1.82, 2.24) is 15.2 Å². The van der Waals surface area contributed by atoms with Gasteiger partial charge in [-0.1, -0.05) is 0 Å². The van der Waals surface area contributed by atoms with E-state index in [-0.39, 0.29) is 5.54 Å². The zero-order valence-electron chi connectivity index (χ0n) is 12.2. The number of likely N-dealkylation sites (N-methyl/N-ethyl adjacent to an activating group) is 1. The molecule has 1 aromatic rings. The molecule has 0 bridgehead atoms. The minimum atomic E-state index is 0.0940. The second-order valence-corrected chi connectivity index (χ2v) is 5.74. The summed E-state index contributed by atoms with van der Waals surface area (Å²) < 4.78 is 5.79. The lowest BCUT2D eigenvalue weighted by Crippen LogP contribution is -2.35. The molecule has 1 heterocycles. The van der Waals surface area contributed by atoms with Crippen molar-refractivity contribution in [1.29, 1.82) is 0 Å². The summed E-state index contributed by atoms with van der Waals surface area (Å²) in [6, 6.07) is 1.93. The molecule has 0 aromatic carbocycles. The van der Waals surface area contributed by atoms with E-state index in [1.165, 1.54) is 0 Å². The summed E-state index contributed by atoms with van der Waals surface area (Å²) in [5, 5.41) is 3.45. The Morgan fingerprint density at radius 3 is 2.67 bits per heavy atom. The standard InChI is InChI=1S/C14H25N3O/c1-14(2,3)16-11-12-10-15-7-6-13(12)18-9-8-17(4)5/h6-7,10,16H,8-9,11H2,1-5H3. The predicted octanol–water partition coefficient (Wildman–Crippen LogP) is 1.91. The van der Waals surface area contributed by atoms with Crippen LogP contribution >= 0.6 is 0 Å². The van der Waals surface area contributed by atoms with E-state index in [1.54, 1.807) is 6.20 Å². The van der Waals surface area contributed by atoms with E-state index in [4.69, 9.17) is 4.74 Å². The van der Waals surface area contributed by atoms with Crippen LogP contribution < -0.4 is 10.1 Å². The average molecular weight is 251 g/mol. The Kier molecular flexibility index (Phi) is 5.56. The zero-order chi connectivity index (χ0) is 13.6. The van der Waals surface area contributed by atoms with Gasteiger partial charge in [-0.3, -0.25) is 4.98 Å². The highest BCUT2D eigenvalue weighted by molar-refractivity contribution is 5.30. The number of nitrogens with zero attached hydrogens (tertiary/aromatic N) is 2. The van der Waals surface area contributed by atoms with Crippen molar-refractivity contribution in [2.24, 2.45) is 0 Å². The van der Waals surface area contributed by atoms with Crippen LogP contribution in [0.25, 0.3) is 0 Å². The van der Waals surface area contributed by atoms with Crippen LogP contribution in [0.2, 0.25) is 0 Å². The quantitative estimate of drug-likeness (QED) is 0.838. The van der Waals surface area contributed by atoms with E-state index in [1.807, 2.05) is 26.4 Å². The van der Waals surface area contributed by atoms with E-state index in [0.29, 0.717) is 6.61 Å². The molecule has 0 fully saturated rings. The van der Waals surface area contributed by atoms with Gasteiger partial charge in [0.2, 0.25) is 0 Å². The monoisotopic (exact) mass is 251 g/mol. The minimum Gasteiger partial charge on any atom is -0.492 e. The van der Waals surface area contributed by atoms with Crippen molar-refractivity contribution < 1.29 is 4.74 Å². The second kappa shape index (κ2) is 6.71. The molecule has 0 unspecified atom stereocenters. The first-order valence-corrected chi connectivity index (χ1v) is 6.34. The van der Waals surface area contributed by atoms with E-state index >= 15 is 0 Å². The first-order chi connectivity index (χ1) is 8.38. The van der Waals surface area contributed by atoms with Crippen LogP contribution in [0.5, 0.6) is 5.75 Å². The summed E-state index contributed by atoms with van der Waals surface area (Å²) in [5.74, 6) is 0.920. The Hall–Kier alpha value is -1.13. The highest BCUT2D eigenvalue weighted by atomic mass is 16.5. The van der Waals surface area contributed by atoms with Crippen molar-refractivity contribution in [3.63, 3.8) is 0 Å². The molecule has 0 saturated heterocycles. The normalized spacial score (nSPS) is 11.9. The fourth-order valence-electron chi connectivity index (χ4n) is 1.39. The van der Waals surface area contributed by atoms with Gasteiger partial charge < -0.3 is 15.0 Å². The summed E-state index contributed by atoms with van der Waals surface area (Å²) in [4.78, 5) is 6.26. The van der Waals surface area contributed by atoms with Gasteiger partial charge in [0.25, 0.3) is 0 Å². The zero-order valence-corrected chi connectivity index (χ0v) is 12.2. The van der Waals surface area contributed by atoms with Gasteiger partial charge in [0.05, 0.1) is 0 Å². The molecule has 0 aliphatic rings. The number of ether oxygens (including phenoxy) is 1. The van der Waals surface area contributed by atoms with E-state index in [2.05, 4.69) is 36.0 Å². The summed E-state index contributed by atoms with van der Waals surface area (Å²) in [6.45, 7) is 8.82. The molecule has 1 aromatic heterocycles. The lowest BCUT2D eigenvalue weighted by atomic mass is 10.1. The summed E-state index contributed by atoms with van der Waals surface area (Å²) >= 11 is 0. The van der Waals surface area contributed by atoms with Gasteiger partial charge in [0, 0.05) is 36.6 Å². The molecule has 4 heteroatoms. The van der Waals surface area contributed by atoms with E-state index < -0.39 is 0 Å². The third kappa shape index (κ3) is 5.98. The van der Waals surface area contributed by atoms with Crippen LogP contribution in [0.1, 0.15) is 26.3 Å². The molecule has 1 rings (SSSR count). The lowest BCUT2D eigenvalue weighted by Gasteiger charge is -2.21. The highest BCUT2D eigenvalue weighted by Crippen LogP contribution is 2.17. The molecule has 0 spiro atoms. The van der Waals surface area contributed by atoms with Gasteiger partial charge in [-0.15, -0.1) is 0 Å². The molecular weight excluding hydrogens is 226 g/mol. The number of hydrogen-bond acceptors (Lipinski definition) is 4. The number of aromatic nitrogens is 1. The van der Waals surface area contributed by atoms with Gasteiger partial charge in [-0.05, 0) is 40.9 Å². The van der Waals surface area contributed by atoms with Crippen molar-refractivity contribution in [3.05, 3.63) is 24.0 Å². The van der Waals surface area contributed by atoms with Crippen molar-refractivity contribution >= 4 is 0 Å². The molecular formula is C14H25N3O. The van der Waals surface area contributed by atoms with Crippen molar-refractivity contribution in [2.45, 2.75) is 32.9 Å². The fourth-order valence-corrected chi connectivity index (χ4v) is 1.39. The van der Waals surface area contributed by atoms with Gasteiger partial charge in [-0.25, -0.2) is 0 Å². The molecule has 18 heavy (non-hydrogen) atoms. The molecule has 0 amide bonds. The Morgan fingerprint density at radius 1 is 1.33 bits per heavy atom. The molecule has 0 atom stereocenters. The number of hydrogen-bond donors (Lipinski definition) is 1. The maximum absolute atomic E-state index is 5.79. The molecule has 1 N–H and O–H groups in total. The summed E-state index contributed by atoms with van der Waals surface area (Å²) in [6.07, 6.45) is 3.63. The molecule has 0 saturated carbocycles. The van der Waals surface area contributed by atoms with Crippen LogP contribution in [0.15, 0.2) is 18.5 Å². The Morgan fingerprint density at radius 2 is 2.06 bits per heavy atom. The Bertz CT molecular complexity index is 358. The van der Waals surface area contributed by atoms with E-state index in [9.17, 15) is 0 Å². The molecule has 0 aliphatic heterocycles. The first kappa shape index (κ1) is 14.9. The Labute approximate surface area is 110 Å². The average Bonchev–Trinajstić information content (AvgIpc) is 2.26. The van der Waals surface area contributed by atoms with Gasteiger partial charge in [0.15, 0.2) is 0 Å². The molecule has 0 aliphatic carbocycles. The largest absolute Gasteiger partial charge is 0.492 e. The van der Waals surface area contributed by atoms with Crippen LogP contribution in [-0.4, -0.2) is 42.7 Å². The first-order valence-electron chi connectivity index (χ1n) is 6.34. The molecule has 102 valence electrons. The maximum Gasteiger partial charge on any atom is 0.126 e. The van der Waals surface area contributed by atoms with Crippen LogP contribution in [0, 0.1) is 0 Å². The van der Waals surface area contributed by atoms with Crippen molar-refractivity contribution in [3.8, 4) is 5.75 Å². The lowest BCUT2D eigenvalue weighted by molar-refractivity contribution is 0.258. The van der Waals surface area contributed by atoms with Crippen LogP contribution in [0.4, 0.5) is 0 Å². The fraction of sp³-hybridized carbons (Fsp3) is 0.643. The van der Waals surface area contributed by atoms with Crippen LogP contribution in [-0.2, 0) is 6.54 Å². The predicted molar refractivity (Wildman–Crippen MR) is 74.9 cm³/mol. The Balaban J connectivity index is 2.56. The maximum atomic E-state index is 5.79. The smallest absolute Gasteiger partial charge is 0.126 e. The van der Waals surface area contributed by atoms with Crippen LogP contribution in [0.3, 0.4) is 0 Å². The third-order valence-corrected chi connectivity index (χ3v) is 2.46. The highest BCUT2D eigenvalue weighted by Gasteiger charge is 2.11. The number of pyridine rings is 1. The molecule has 0 radical (unpaired) electrons. The van der Waals surface area contributed by atoms with E-state index in [0.717, 1.165) is 24.4 Å². The van der Waals surface area contributed by atoms with Gasteiger partial charge in [0.1, 0.15) is 12.4 Å². The summed E-state index contributed by atoms with van der Waals surface area (Å²) in [7, 11) is 4.08. The minimum absolute atomic E-state index is 0.0940. The topological polar surface area (TPSA) is 37.4 Å². The number of nitrogens with one attached hydrogen (secondary N) is 1. The number of rotatable bonds is 6.